The van der Waals surface area contributed by atoms with Crippen LogP contribution >= 0.6 is 0 Å². The molecule has 0 aliphatic heterocycles. The molecule has 0 aromatic carbocycles. The van der Waals surface area contributed by atoms with Crippen LogP contribution in [0.15, 0.2) is 16.9 Å². The lowest BCUT2D eigenvalue weighted by atomic mass is 9.91. The molecule has 1 unspecified atom stereocenters. The first-order chi connectivity index (χ1) is 9.24. The van der Waals surface area contributed by atoms with E-state index >= 15 is 0 Å². The van der Waals surface area contributed by atoms with E-state index in [1.165, 1.54) is 36.9 Å². The third-order valence-corrected chi connectivity index (χ3v) is 4.14. The third kappa shape index (κ3) is 3.47. The van der Waals surface area contributed by atoms with Crippen molar-refractivity contribution in [2.24, 2.45) is 5.73 Å². The molecule has 19 heavy (non-hydrogen) atoms. The van der Waals surface area contributed by atoms with Gasteiger partial charge in [-0.15, -0.1) is 0 Å². The molecule has 0 saturated heterocycles. The van der Waals surface area contributed by atoms with Gasteiger partial charge in [-0.05, 0) is 31.2 Å². The zero-order valence-corrected chi connectivity index (χ0v) is 12.0. The molecule has 1 atom stereocenters. The highest BCUT2D eigenvalue weighted by atomic mass is 16.1. The standard InChI is InChI=1S/C16H26N2O/c1-2-3-4-5-6-12-18-15-9-7-8-14(17)13(15)10-11-16(18)19/h10-11,14H,2-9,12,17H2,1H3. The Labute approximate surface area is 115 Å². The van der Waals surface area contributed by atoms with Crippen LogP contribution in [0.1, 0.15) is 69.2 Å². The normalized spacial score (nSPS) is 18.3. The van der Waals surface area contributed by atoms with Crippen molar-refractivity contribution in [2.45, 2.75) is 70.9 Å². The topological polar surface area (TPSA) is 48.0 Å². The van der Waals surface area contributed by atoms with Gasteiger partial charge in [-0.3, -0.25) is 4.79 Å². The smallest absolute Gasteiger partial charge is 0.250 e. The maximum absolute atomic E-state index is 12.0. The summed E-state index contributed by atoms with van der Waals surface area (Å²) < 4.78 is 1.97. The summed E-state index contributed by atoms with van der Waals surface area (Å²) in [5, 5.41) is 0. The summed E-state index contributed by atoms with van der Waals surface area (Å²) in [7, 11) is 0. The van der Waals surface area contributed by atoms with E-state index in [0.717, 1.165) is 32.2 Å². The van der Waals surface area contributed by atoms with Crippen molar-refractivity contribution in [3.05, 3.63) is 33.7 Å². The first kappa shape index (κ1) is 14.3. The van der Waals surface area contributed by atoms with Crippen LogP contribution in [-0.4, -0.2) is 4.57 Å². The van der Waals surface area contributed by atoms with Crippen molar-refractivity contribution >= 4 is 0 Å². The summed E-state index contributed by atoms with van der Waals surface area (Å²) in [6.07, 6.45) is 9.31. The molecule has 0 spiro atoms. The van der Waals surface area contributed by atoms with Gasteiger partial charge in [-0.1, -0.05) is 38.7 Å². The van der Waals surface area contributed by atoms with Crippen molar-refractivity contribution in [3.8, 4) is 0 Å². The van der Waals surface area contributed by atoms with Crippen LogP contribution in [-0.2, 0) is 13.0 Å². The number of rotatable bonds is 6. The molecule has 2 rings (SSSR count). The Morgan fingerprint density at radius 1 is 1.26 bits per heavy atom. The fourth-order valence-electron chi connectivity index (χ4n) is 3.02. The highest BCUT2D eigenvalue weighted by molar-refractivity contribution is 5.27. The maximum atomic E-state index is 12.0. The van der Waals surface area contributed by atoms with E-state index in [1.54, 1.807) is 6.07 Å². The number of nitrogens with two attached hydrogens (primary N) is 1. The SMILES string of the molecule is CCCCCCCn1c2c(ccc1=O)C(N)CCC2. The fourth-order valence-corrected chi connectivity index (χ4v) is 3.02. The highest BCUT2D eigenvalue weighted by Crippen LogP contribution is 2.26. The summed E-state index contributed by atoms with van der Waals surface area (Å²) in [5.41, 5.74) is 8.68. The average Bonchev–Trinajstić information content (AvgIpc) is 2.41. The van der Waals surface area contributed by atoms with Crippen molar-refractivity contribution in [1.29, 1.82) is 0 Å². The molecule has 0 saturated carbocycles. The summed E-state index contributed by atoms with van der Waals surface area (Å²) >= 11 is 0. The lowest BCUT2D eigenvalue weighted by molar-refractivity contribution is 0.496. The van der Waals surface area contributed by atoms with Gasteiger partial charge >= 0.3 is 0 Å². The Morgan fingerprint density at radius 2 is 2.05 bits per heavy atom. The lowest BCUT2D eigenvalue weighted by Crippen LogP contribution is -2.29. The number of pyridine rings is 1. The molecular formula is C16H26N2O. The summed E-state index contributed by atoms with van der Waals surface area (Å²) in [5.74, 6) is 0. The van der Waals surface area contributed by atoms with Gasteiger partial charge in [0.1, 0.15) is 0 Å². The molecule has 3 nitrogen and oxygen atoms in total. The Morgan fingerprint density at radius 3 is 2.84 bits per heavy atom. The van der Waals surface area contributed by atoms with Crippen LogP contribution in [0.2, 0.25) is 0 Å². The zero-order chi connectivity index (χ0) is 13.7. The predicted molar refractivity (Wildman–Crippen MR) is 79.3 cm³/mol. The van der Waals surface area contributed by atoms with E-state index in [2.05, 4.69) is 6.92 Å². The quantitative estimate of drug-likeness (QED) is 0.801. The molecule has 3 heteroatoms. The molecular weight excluding hydrogens is 236 g/mol. The van der Waals surface area contributed by atoms with Crippen LogP contribution in [0.25, 0.3) is 0 Å². The number of aromatic nitrogens is 1. The molecule has 1 heterocycles. The molecule has 1 aliphatic carbocycles. The molecule has 1 aliphatic rings. The largest absolute Gasteiger partial charge is 0.324 e. The zero-order valence-electron chi connectivity index (χ0n) is 12.0. The van der Waals surface area contributed by atoms with Gasteiger partial charge in [0.05, 0.1) is 0 Å². The van der Waals surface area contributed by atoms with E-state index in [1.807, 2.05) is 10.6 Å². The lowest BCUT2D eigenvalue weighted by Gasteiger charge is -2.25. The van der Waals surface area contributed by atoms with Gasteiger partial charge in [-0.25, -0.2) is 0 Å². The number of hydrogen-bond donors (Lipinski definition) is 1. The first-order valence-corrected chi connectivity index (χ1v) is 7.72. The van der Waals surface area contributed by atoms with Crippen LogP contribution in [0.5, 0.6) is 0 Å². The Hall–Kier alpha value is -1.09. The van der Waals surface area contributed by atoms with Crippen LogP contribution in [0.4, 0.5) is 0 Å². The number of hydrogen-bond acceptors (Lipinski definition) is 2. The second-order valence-electron chi connectivity index (χ2n) is 5.64. The van der Waals surface area contributed by atoms with Crippen LogP contribution in [0.3, 0.4) is 0 Å². The first-order valence-electron chi connectivity index (χ1n) is 7.72. The Kier molecular flexibility index (Phi) is 5.20. The molecule has 0 fully saturated rings. The number of nitrogens with zero attached hydrogens (tertiary/aromatic N) is 1. The van der Waals surface area contributed by atoms with Gasteiger partial charge in [0.2, 0.25) is 0 Å². The van der Waals surface area contributed by atoms with Crippen molar-refractivity contribution in [1.82, 2.24) is 4.57 Å². The molecule has 2 N–H and O–H groups in total. The van der Waals surface area contributed by atoms with Gasteiger partial charge in [-0.2, -0.15) is 0 Å². The van der Waals surface area contributed by atoms with Crippen LogP contribution in [0, 0.1) is 0 Å². The monoisotopic (exact) mass is 262 g/mol. The van der Waals surface area contributed by atoms with Gasteiger partial charge in [0.15, 0.2) is 0 Å². The predicted octanol–water partition coefficient (Wildman–Crippen LogP) is 3.15. The van der Waals surface area contributed by atoms with Gasteiger partial charge < -0.3 is 10.3 Å². The minimum absolute atomic E-state index is 0.121. The highest BCUT2D eigenvalue weighted by Gasteiger charge is 2.19. The molecule has 1 aromatic heterocycles. The molecule has 0 radical (unpaired) electrons. The number of fused-ring (bicyclic) bond motifs is 1. The van der Waals surface area contributed by atoms with E-state index in [4.69, 9.17) is 5.73 Å². The average molecular weight is 262 g/mol. The maximum Gasteiger partial charge on any atom is 0.250 e. The second-order valence-corrected chi connectivity index (χ2v) is 5.64. The minimum atomic E-state index is 0.121. The summed E-state index contributed by atoms with van der Waals surface area (Å²) in [6, 6.07) is 3.75. The van der Waals surface area contributed by atoms with E-state index in [-0.39, 0.29) is 11.6 Å². The van der Waals surface area contributed by atoms with E-state index < -0.39 is 0 Å². The van der Waals surface area contributed by atoms with Crippen molar-refractivity contribution in [3.63, 3.8) is 0 Å². The van der Waals surface area contributed by atoms with E-state index in [0.29, 0.717) is 0 Å². The van der Waals surface area contributed by atoms with Crippen LogP contribution < -0.4 is 11.3 Å². The van der Waals surface area contributed by atoms with Gasteiger partial charge in [0, 0.05) is 24.3 Å². The van der Waals surface area contributed by atoms with Gasteiger partial charge in [0.25, 0.3) is 5.56 Å². The second kappa shape index (κ2) is 6.90. The molecule has 0 amide bonds. The number of unbranched alkanes of at least 4 members (excludes halogenated alkanes) is 4. The Balaban J connectivity index is 2.07. The summed E-state index contributed by atoms with van der Waals surface area (Å²) in [6.45, 7) is 3.08. The third-order valence-electron chi connectivity index (χ3n) is 4.14. The molecule has 0 bridgehead atoms. The molecule has 106 valence electrons. The molecule has 1 aromatic rings. The summed E-state index contributed by atoms with van der Waals surface area (Å²) in [4.78, 5) is 12.0. The Bertz CT molecular complexity index is 464. The minimum Gasteiger partial charge on any atom is -0.324 e. The fraction of sp³-hybridized carbons (Fsp3) is 0.688. The van der Waals surface area contributed by atoms with E-state index in [9.17, 15) is 4.79 Å². The van der Waals surface area contributed by atoms with Crippen molar-refractivity contribution < 1.29 is 0 Å². The van der Waals surface area contributed by atoms with Crippen molar-refractivity contribution in [2.75, 3.05) is 0 Å².